The van der Waals surface area contributed by atoms with Crippen molar-refractivity contribution in [3.05, 3.63) is 40.4 Å². The summed E-state index contributed by atoms with van der Waals surface area (Å²) in [4.78, 5) is 11.1. The normalized spacial score (nSPS) is 11.3. The molecule has 0 spiro atoms. The first-order valence-electron chi connectivity index (χ1n) is 4.58. The van der Waals surface area contributed by atoms with Gasteiger partial charge in [-0.1, -0.05) is 23.7 Å². The van der Waals surface area contributed by atoms with E-state index in [1.54, 1.807) is 0 Å². The van der Waals surface area contributed by atoms with Gasteiger partial charge in [0.2, 0.25) is 0 Å². The second-order valence-corrected chi connectivity index (χ2v) is 3.67. The van der Waals surface area contributed by atoms with Crippen LogP contribution in [0.25, 0.3) is 5.57 Å². The summed E-state index contributed by atoms with van der Waals surface area (Å²) >= 11 is 5.98. The number of allylic oxidation sites excluding steroid dienone is 1. The lowest BCUT2D eigenvalue weighted by Gasteiger charge is -2.07. The molecular weight excluding hydrogens is 212 g/mol. The maximum absolute atomic E-state index is 11.1. The first-order chi connectivity index (χ1) is 7.06. The molecule has 0 atom stereocenters. The van der Waals surface area contributed by atoms with E-state index in [0.717, 1.165) is 16.7 Å². The molecule has 0 aromatic heterocycles. The van der Waals surface area contributed by atoms with Gasteiger partial charge in [0.05, 0.1) is 7.11 Å². The number of ether oxygens (including phenoxy) is 1. The van der Waals surface area contributed by atoms with Crippen LogP contribution in [0.3, 0.4) is 0 Å². The zero-order valence-corrected chi connectivity index (χ0v) is 9.76. The number of halogens is 1. The average molecular weight is 225 g/mol. The standard InChI is InChI=1S/C12H13ClO2/c1-8(7-12(14)15-3)10-5-4-6-11(13)9(10)2/h4-7H,1-3H3/b8-7+. The van der Waals surface area contributed by atoms with E-state index in [0.29, 0.717) is 5.02 Å². The second kappa shape index (κ2) is 4.99. The zero-order valence-electron chi connectivity index (χ0n) is 9.00. The molecule has 0 aliphatic rings. The van der Waals surface area contributed by atoms with Crippen molar-refractivity contribution in [3.8, 4) is 0 Å². The summed E-state index contributed by atoms with van der Waals surface area (Å²) < 4.78 is 4.56. The lowest BCUT2D eigenvalue weighted by molar-refractivity contribution is -0.134. The Balaban J connectivity index is 3.11. The van der Waals surface area contributed by atoms with Crippen LogP contribution in [-0.4, -0.2) is 13.1 Å². The van der Waals surface area contributed by atoms with Crippen molar-refractivity contribution in [1.29, 1.82) is 0 Å². The quantitative estimate of drug-likeness (QED) is 0.570. The SMILES string of the molecule is COC(=O)/C=C(\C)c1cccc(Cl)c1C. The van der Waals surface area contributed by atoms with Crippen LogP contribution in [0.5, 0.6) is 0 Å². The van der Waals surface area contributed by atoms with Crippen molar-refractivity contribution < 1.29 is 9.53 Å². The molecule has 15 heavy (non-hydrogen) atoms. The van der Waals surface area contributed by atoms with Crippen molar-refractivity contribution in [3.63, 3.8) is 0 Å². The Morgan fingerprint density at radius 2 is 2.13 bits per heavy atom. The number of hydrogen-bond acceptors (Lipinski definition) is 2. The third-order valence-electron chi connectivity index (χ3n) is 2.23. The second-order valence-electron chi connectivity index (χ2n) is 3.26. The molecule has 0 radical (unpaired) electrons. The highest BCUT2D eigenvalue weighted by molar-refractivity contribution is 6.31. The first-order valence-corrected chi connectivity index (χ1v) is 4.95. The Kier molecular flexibility index (Phi) is 3.92. The molecule has 0 aliphatic heterocycles. The number of esters is 1. The fourth-order valence-corrected chi connectivity index (χ4v) is 1.52. The molecule has 1 rings (SSSR count). The minimum absolute atomic E-state index is 0.355. The Morgan fingerprint density at radius 1 is 1.47 bits per heavy atom. The largest absolute Gasteiger partial charge is 0.466 e. The van der Waals surface area contributed by atoms with Crippen molar-refractivity contribution in [2.75, 3.05) is 7.11 Å². The van der Waals surface area contributed by atoms with Gasteiger partial charge in [0.15, 0.2) is 0 Å². The van der Waals surface area contributed by atoms with Gasteiger partial charge in [-0.15, -0.1) is 0 Å². The summed E-state index contributed by atoms with van der Waals surface area (Å²) in [6, 6.07) is 5.61. The molecule has 0 fully saturated rings. The van der Waals surface area contributed by atoms with E-state index in [1.807, 2.05) is 32.0 Å². The molecule has 2 nitrogen and oxygen atoms in total. The van der Waals surface area contributed by atoms with Crippen molar-refractivity contribution in [2.24, 2.45) is 0 Å². The molecule has 0 heterocycles. The van der Waals surface area contributed by atoms with Gasteiger partial charge in [0.25, 0.3) is 0 Å². The fourth-order valence-electron chi connectivity index (χ4n) is 1.35. The van der Waals surface area contributed by atoms with Crippen LogP contribution in [0.15, 0.2) is 24.3 Å². The van der Waals surface area contributed by atoms with Crippen LogP contribution < -0.4 is 0 Å². The molecular formula is C12H13ClO2. The Morgan fingerprint density at radius 3 is 2.73 bits per heavy atom. The van der Waals surface area contributed by atoms with Gasteiger partial charge in [-0.05, 0) is 36.6 Å². The minimum Gasteiger partial charge on any atom is -0.466 e. The number of carbonyl (C=O) groups excluding carboxylic acids is 1. The maximum atomic E-state index is 11.1. The first kappa shape index (κ1) is 11.8. The number of rotatable bonds is 2. The summed E-state index contributed by atoms with van der Waals surface area (Å²) in [6.07, 6.45) is 1.46. The van der Waals surface area contributed by atoms with Gasteiger partial charge >= 0.3 is 5.97 Å². The van der Waals surface area contributed by atoms with Gasteiger partial charge in [-0.3, -0.25) is 0 Å². The molecule has 1 aromatic rings. The molecule has 0 unspecified atom stereocenters. The predicted octanol–water partition coefficient (Wildman–Crippen LogP) is 3.22. The topological polar surface area (TPSA) is 26.3 Å². The molecule has 1 aromatic carbocycles. The summed E-state index contributed by atoms with van der Waals surface area (Å²) in [6.45, 7) is 3.78. The van der Waals surface area contributed by atoms with Crippen molar-refractivity contribution >= 4 is 23.1 Å². The van der Waals surface area contributed by atoms with E-state index in [-0.39, 0.29) is 5.97 Å². The summed E-state index contributed by atoms with van der Waals surface area (Å²) in [5, 5.41) is 0.699. The van der Waals surface area contributed by atoms with E-state index >= 15 is 0 Å². The third kappa shape index (κ3) is 2.83. The van der Waals surface area contributed by atoms with Crippen LogP contribution in [0.1, 0.15) is 18.1 Å². The highest BCUT2D eigenvalue weighted by atomic mass is 35.5. The van der Waals surface area contributed by atoms with Gasteiger partial charge in [0, 0.05) is 11.1 Å². The molecule has 80 valence electrons. The lowest BCUT2D eigenvalue weighted by atomic mass is 10.0. The summed E-state index contributed by atoms with van der Waals surface area (Å²) in [5.41, 5.74) is 2.78. The third-order valence-corrected chi connectivity index (χ3v) is 2.64. The van der Waals surface area contributed by atoms with Gasteiger partial charge in [-0.2, -0.15) is 0 Å². The highest BCUT2D eigenvalue weighted by Crippen LogP contribution is 2.24. The highest BCUT2D eigenvalue weighted by Gasteiger charge is 2.05. The van der Waals surface area contributed by atoms with E-state index < -0.39 is 0 Å². The van der Waals surface area contributed by atoms with Crippen LogP contribution in [0, 0.1) is 6.92 Å². The Bertz CT molecular complexity index is 408. The number of methoxy groups -OCH3 is 1. The average Bonchev–Trinajstić information content (AvgIpc) is 2.21. The lowest BCUT2D eigenvalue weighted by Crippen LogP contribution is -1.96. The molecule has 0 amide bonds. The van der Waals surface area contributed by atoms with Gasteiger partial charge in [0.1, 0.15) is 0 Å². The van der Waals surface area contributed by atoms with Crippen LogP contribution in [0.2, 0.25) is 5.02 Å². The molecule has 0 aliphatic carbocycles. The molecule has 0 N–H and O–H groups in total. The molecule has 0 saturated carbocycles. The summed E-state index contributed by atoms with van der Waals surface area (Å²) in [5.74, 6) is -0.355. The maximum Gasteiger partial charge on any atom is 0.330 e. The van der Waals surface area contributed by atoms with Gasteiger partial charge in [-0.25, -0.2) is 4.79 Å². The number of hydrogen-bond donors (Lipinski definition) is 0. The molecule has 3 heteroatoms. The number of benzene rings is 1. The van der Waals surface area contributed by atoms with E-state index in [1.165, 1.54) is 13.2 Å². The molecule has 0 bridgehead atoms. The zero-order chi connectivity index (χ0) is 11.4. The summed E-state index contributed by atoms with van der Waals surface area (Å²) in [7, 11) is 1.36. The predicted molar refractivity (Wildman–Crippen MR) is 61.9 cm³/mol. The van der Waals surface area contributed by atoms with E-state index in [9.17, 15) is 4.79 Å². The van der Waals surface area contributed by atoms with E-state index in [2.05, 4.69) is 4.74 Å². The minimum atomic E-state index is -0.355. The fraction of sp³-hybridized carbons (Fsp3) is 0.250. The van der Waals surface area contributed by atoms with Crippen molar-refractivity contribution in [2.45, 2.75) is 13.8 Å². The van der Waals surface area contributed by atoms with Crippen LogP contribution >= 0.6 is 11.6 Å². The van der Waals surface area contributed by atoms with Crippen LogP contribution in [0.4, 0.5) is 0 Å². The Hall–Kier alpha value is -1.28. The molecule has 0 saturated heterocycles. The Labute approximate surface area is 94.5 Å². The monoisotopic (exact) mass is 224 g/mol. The van der Waals surface area contributed by atoms with Gasteiger partial charge < -0.3 is 4.74 Å². The van der Waals surface area contributed by atoms with Crippen molar-refractivity contribution in [1.82, 2.24) is 0 Å². The van der Waals surface area contributed by atoms with E-state index in [4.69, 9.17) is 11.6 Å². The van der Waals surface area contributed by atoms with Crippen LogP contribution in [-0.2, 0) is 9.53 Å². The smallest absolute Gasteiger partial charge is 0.330 e. The number of carbonyl (C=O) groups is 1.